The summed E-state index contributed by atoms with van der Waals surface area (Å²) in [5.74, 6) is -1.09. The summed E-state index contributed by atoms with van der Waals surface area (Å²) in [5.41, 5.74) is 4.55. The van der Waals surface area contributed by atoms with Gasteiger partial charge in [0.05, 0.1) is 6.54 Å². The molecule has 1 atom stereocenters. The van der Waals surface area contributed by atoms with Crippen molar-refractivity contribution in [1.29, 1.82) is 0 Å². The Bertz CT molecular complexity index is 477. The molecule has 110 valence electrons. The van der Waals surface area contributed by atoms with E-state index in [0.717, 1.165) is 6.42 Å². The van der Waals surface area contributed by atoms with Crippen molar-refractivity contribution >= 4 is 23.2 Å². The Hall–Kier alpha value is -1.44. The van der Waals surface area contributed by atoms with Gasteiger partial charge in [-0.25, -0.2) is 0 Å². The van der Waals surface area contributed by atoms with Crippen LogP contribution in [0, 0.1) is 0 Å². The Kier molecular flexibility index (Phi) is 4.74. The van der Waals surface area contributed by atoms with Gasteiger partial charge in [-0.05, 0) is 24.3 Å². The number of nitrogens with one attached hydrogen (secondary N) is 1. The van der Waals surface area contributed by atoms with Gasteiger partial charge in [-0.2, -0.15) is 0 Å². The van der Waals surface area contributed by atoms with Crippen LogP contribution in [-0.2, 0) is 16.0 Å². The van der Waals surface area contributed by atoms with E-state index in [4.69, 9.17) is 10.8 Å². The maximum Gasteiger partial charge on any atom is 0.325 e. The number of nitrogens with zero attached hydrogens (tertiary/aromatic N) is 1. The van der Waals surface area contributed by atoms with E-state index in [9.17, 15) is 9.59 Å². The zero-order valence-electron chi connectivity index (χ0n) is 11.2. The minimum absolute atomic E-state index is 0.0869. The summed E-state index contributed by atoms with van der Waals surface area (Å²) in [7, 11) is 0. The molecule has 2 rings (SSSR count). The summed E-state index contributed by atoms with van der Waals surface area (Å²) in [6.45, 7) is 1.57. The zero-order valence-corrected chi connectivity index (χ0v) is 12.0. The minimum atomic E-state index is -1.21. The molecule has 1 aromatic rings. The van der Waals surface area contributed by atoms with Crippen LogP contribution in [-0.4, -0.2) is 53.6 Å². The fraction of sp³-hybridized carbons (Fsp3) is 0.538. The Morgan fingerprint density at radius 1 is 1.55 bits per heavy atom. The van der Waals surface area contributed by atoms with Crippen LogP contribution in [0.15, 0.2) is 17.5 Å². The molecule has 1 aliphatic rings. The number of rotatable bonds is 6. The molecule has 1 amide bonds. The van der Waals surface area contributed by atoms with E-state index < -0.39 is 11.5 Å². The number of carbonyl (C=O) groups excluding carboxylic acids is 1. The van der Waals surface area contributed by atoms with Gasteiger partial charge in [0.2, 0.25) is 5.91 Å². The maximum atomic E-state index is 11.8. The standard InChI is InChI=1S/C13H19N3O3S/c14-13(12(18)19)4-6-16(9-13)8-11(17)15-5-3-10-2-1-7-20-10/h1-2,7H,3-6,8-9,14H2,(H,15,17)(H,18,19). The molecule has 1 aliphatic heterocycles. The van der Waals surface area contributed by atoms with Crippen LogP contribution in [0.2, 0.25) is 0 Å². The van der Waals surface area contributed by atoms with Gasteiger partial charge in [-0.3, -0.25) is 14.5 Å². The van der Waals surface area contributed by atoms with Gasteiger partial charge < -0.3 is 16.2 Å². The van der Waals surface area contributed by atoms with E-state index in [0.29, 0.717) is 19.5 Å². The van der Waals surface area contributed by atoms with E-state index in [1.807, 2.05) is 17.5 Å². The summed E-state index contributed by atoms with van der Waals surface area (Å²) in [6, 6.07) is 4.02. The van der Waals surface area contributed by atoms with Crippen molar-refractivity contribution in [2.75, 3.05) is 26.2 Å². The largest absolute Gasteiger partial charge is 0.480 e. The average Bonchev–Trinajstić information content (AvgIpc) is 3.00. The second kappa shape index (κ2) is 6.34. The monoisotopic (exact) mass is 297 g/mol. The number of amides is 1. The van der Waals surface area contributed by atoms with Gasteiger partial charge in [0.25, 0.3) is 0 Å². The molecule has 1 unspecified atom stereocenters. The normalized spacial score (nSPS) is 22.9. The van der Waals surface area contributed by atoms with Gasteiger partial charge in [0.1, 0.15) is 5.54 Å². The molecule has 2 heterocycles. The first-order valence-electron chi connectivity index (χ1n) is 6.53. The molecule has 1 aromatic heterocycles. The third-order valence-corrected chi connectivity index (χ3v) is 4.38. The number of hydrogen-bond acceptors (Lipinski definition) is 5. The van der Waals surface area contributed by atoms with Crippen molar-refractivity contribution in [3.8, 4) is 0 Å². The molecule has 6 nitrogen and oxygen atoms in total. The number of thiophene rings is 1. The Balaban J connectivity index is 1.69. The number of likely N-dealkylation sites (tertiary alicyclic amines) is 1. The highest BCUT2D eigenvalue weighted by molar-refractivity contribution is 7.09. The molecule has 7 heteroatoms. The number of aliphatic carboxylic acids is 1. The zero-order chi connectivity index (χ0) is 14.6. The van der Waals surface area contributed by atoms with E-state index in [-0.39, 0.29) is 19.0 Å². The van der Waals surface area contributed by atoms with Crippen LogP contribution in [0.4, 0.5) is 0 Å². The lowest BCUT2D eigenvalue weighted by Crippen LogP contribution is -2.50. The van der Waals surface area contributed by atoms with Gasteiger partial charge in [0.15, 0.2) is 0 Å². The third kappa shape index (κ3) is 3.78. The summed E-state index contributed by atoms with van der Waals surface area (Å²) in [4.78, 5) is 25.8. The third-order valence-electron chi connectivity index (χ3n) is 3.45. The molecule has 0 bridgehead atoms. The van der Waals surface area contributed by atoms with Crippen molar-refractivity contribution in [2.45, 2.75) is 18.4 Å². The first-order valence-corrected chi connectivity index (χ1v) is 7.41. The molecular formula is C13H19N3O3S. The molecule has 1 saturated heterocycles. The average molecular weight is 297 g/mol. The van der Waals surface area contributed by atoms with Crippen LogP contribution in [0.3, 0.4) is 0 Å². The summed E-state index contributed by atoms with van der Waals surface area (Å²) >= 11 is 1.67. The summed E-state index contributed by atoms with van der Waals surface area (Å²) in [6.07, 6.45) is 1.20. The van der Waals surface area contributed by atoms with Crippen LogP contribution in [0.1, 0.15) is 11.3 Å². The lowest BCUT2D eigenvalue weighted by Gasteiger charge is -2.19. The second-order valence-electron chi connectivity index (χ2n) is 5.10. The molecule has 0 aromatic carbocycles. The second-order valence-corrected chi connectivity index (χ2v) is 6.13. The quantitative estimate of drug-likeness (QED) is 0.681. The highest BCUT2D eigenvalue weighted by atomic mass is 32.1. The van der Waals surface area contributed by atoms with Crippen molar-refractivity contribution < 1.29 is 14.7 Å². The molecule has 0 radical (unpaired) electrons. The minimum Gasteiger partial charge on any atom is -0.480 e. The molecule has 0 saturated carbocycles. The maximum absolute atomic E-state index is 11.8. The Morgan fingerprint density at radius 3 is 2.95 bits per heavy atom. The van der Waals surface area contributed by atoms with Gasteiger partial charge >= 0.3 is 5.97 Å². The fourth-order valence-electron chi connectivity index (χ4n) is 2.26. The fourth-order valence-corrected chi connectivity index (χ4v) is 2.97. The number of carbonyl (C=O) groups is 2. The molecule has 0 aliphatic carbocycles. The van der Waals surface area contributed by atoms with Crippen LogP contribution in [0.25, 0.3) is 0 Å². The van der Waals surface area contributed by atoms with E-state index in [1.165, 1.54) is 4.88 Å². The number of nitrogens with two attached hydrogens (primary N) is 1. The predicted molar refractivity (Wildman–Crippen MR) is 76.6 cm³/mol. The summed E-state index contributed by atoms with van der Waals surface area (Å²) < 4.78 is 0. The van der Waals surface area contributed by atoms with Gasteiger partial charge in [0, 0.05) is 24.5 Å². The van der Waals surface area contributed by atoms with E-state index in [1.54, 1.807) is 16.2 Å². The molecule has 4 N–H and O–H groups in total. The summed E-state index contributed by atoms with van der Waals surface area (Å²) in [5, 5.41) is 13.9. The Labute approximate surface area is 121 Å². The van der Waals surface area contributed by atoms with Crippen LogP contribution in [0.5, 0.6) is 0 Å². The van der Waals surface area contributed by atoms with Crippen LogP contribution < -0.4 is 11.1 Å². The first kappa shape index (κ1) is 15.0. The molecule has 20 heavy (non-hydrogen) atoms. The SMILES string of the molecule is NC1(C(=O)O)CCN(CC(=O)NCCc2cccs2)C1. The van der Waals surface area contributed by atoms with E-state index >= 15 is 0 Å². The van der Waals surface area contributed by atoms with Crippen molar-refractivity contribution in [1.82, 2.24) is 10.2 Å². The molecular weight excluding hydrogens is 278 g/mol. The predicted octanol–water partition coefficient (Wildman–Crippen LogP) is -0.105. The van der Waals surface area contributed by atoms with Gasteiger partial charge in [-0.1, -0.05) is 6.07 Å². The number of carboxylic acid groups (broad SMARTS) is 1. The first-order chi connectivity index (χ1) is 9.49. The highest BCUT2D eigenvalue weighted by Crippen LogP contribution is 2.18. The van der Waals surface area contributed by atoms with Gasteiger partial charge in [-0.15, -0.1) is 11.3 Å². The Morgan fingerprint density at radius 2 is 2.35 bits per heavy atom. The lowest BCUT2D eigenvalue weighted by atomic mass is 10.0. The molecule has 0 spiro atoms. The lowest BCUT2D eigenvalue weighted by molar-refractivity contribution is -0.143. The molecule has 1 fully saturated rings. The number of hydrogen-bond donors (Lipinski definition) is 3. The van der Waals surface area contributed by atoms with Crippen molar-refractivity contribution in [3.63, 3.8) is 0 Å². The van der Waals surface area contributed by atoms with E-state index in [2.05, 4.69) is 5.32 Å². The highest BCUT2D eigenvalue weighted by Gasteiger charge is 2.41. The number of carboxylic acids is 1. The van der Waals surface area contributed by atoms with Crippen LogP contribution >= 0.6 is 11.3 Å². The smallest absolute Gasteiger partial charge is 0.325 e. The van der Waals surface area contributed by atoms with Crippen molar-refractivity contribution in [3.05, 3.63) is 22.4 Å². The topological polar surface area (TPSA) is 95.7 Å². The van der Waals surface area contributed by atoms with Crippen molar-refractivity contribution in [2.24, 2.45) is 5.73 Å².